The molecule has 0 fully saturated rings. The zero-order valence-electron chi connectivity index (χ0n) is 19.9. The molecule has 0 aliphatic rings. The van der Waals surface area contributed by atoms with Crippen molar-refractivity contribution in [3.63, 3.8) is 0 Å². The highest BCUT2D eigenvalue weighted by molar-refractivity contribution is 6.14. The summed E-state index contributed by atoms with van der Waals surface area (Å²) in [6.45, 7) is 6.03. The number of ether oxygens (including phenoxy) is 1. The van der Waals surface area contributed by atoms with E-state index in [0.29, 0.717) is 11.3 Å². The molecule has 0 unspecified atom stereocenters. The van der Waals surface area contributed by atoms with Gasteiger partial charge in [-0.25, -0.2) is 0 Å². The van der Waals surface area contributed by atoms with E-state index in [9.17, 15) is 9.90 Å². The van der Waals surface area contributed by atoms with Crippen molar-refractivity contribution in [3.8, 4) is 16.9 Å². The lowest BCUT2D eigenvalue weighted by Gasteiger charge is -2.31. The first-order valence-electron chi connectivity index (χ1n) is 11.4. The second-order valence-electron chi connectivity index (χ2n) is 8.92. The molecule has 0 saturated heterocycles. The zero-order valence-corrected chi connectivity index (χ0v) is 19.9. The van der Waals surface area contributed by atoms with Crippen LogP contribution in [0.2, 0.25) is 0 Å². The van der Waals surface area contributed by atoms with E-state index in [1.165, 1.54) is 0 Å². The third-order valence-electron chi connectivity index (χ3n) is 6.69. The summed E-state index contributed by atoms with van der Waals surface area (Å²) in [5.41, 5.74) is 3.46. The van der Waals surface area contributed by atoms with Crippen LogP contribution in [0.25, 0.3) is 32.7 Å². The fourth-order valence-electron chi connectivity index (χ4n) is 4.78. The van der Waals surface area contributed by atoms with Crippen LogP contribution in [0, 0.1) is 12.8 Å². The molecule has 0 saturated carbocycles. The molecule has 0 heterocycles. The van der Waals surface area contributed by atoms with Gasteiger partial charge in [-0.1, -0.05) is 74.5 Å². The summed E-state index contributed by atoms with van der Waals surface area (Å²) < 4.78 is 5.86. The molecule has 0 aromatic heterocycles. The van der Waals surface area contributed by atoms with Gasteiger partial charge < -0.3 is 14.7 Å². The molecule has 1 N–H and O–H groups in total. The minimum Gasteiger partial charge on any atom is -0.496 e. The van der Waals surface area contributed by atoms with E-state index in [1.807, 2.05) is 56.3 Å². The maximum absolute atomic E-state index is 14.1. The first kappa shape index (κ1) is 22.8. The number of carbonyl (C=O) groups excluding carboxylic acids is 1. The first-order chi connectivity index (χ1) is 15.9. The molecule has 0 spiro atoms. The standard InChI is InChI=1S/C29H31NO3/c1-18(2)25(17-31)30(4)29(32)28-24-13-9-7-11-21(24)16-26(33-5)27(28)23-15-14-20-10-6-8-12-22(20)19(23)3/h6-16,18,25,31H,17H2,1-5H3/t25-/m1/s1. The molecule has 1 atom stereocenters. The number of methoxy groups -OCH3 is 1. The number of benzene rings is 4. The van der Waals surface area contributed by atoms with E-state index in [4.69, 9.17) is 4.74 Å². The number of aryl methyl sites for hydroxylation is 1. The summed E-state index contributed by atoms with van der Waals surface area (Å²) in [5.74, 6) is 0.654. The van der Waals surface area contributed by atoms with Crippen LogP contribution in [0.4, 0.5) is 0 Å². The fraction of sp³-hybridized carbons (Fsp3) is 0.276. The van der Waals surface area contributed by atoms with Crippen molar-refractivity contribution in [1.82, 2.24) is 4.90 Å². The first-order valence-corrected chi connectivity index (χ1v) is 11.4. The number of amides is 1. The Morgan fingerprint density at radius 3 is 2.24 bits per heavy atom. The molecule has 170 valence electrons. The lowest BCUT2D eigenvalue weighted by Crippen LogP contribution is -2.43. The van der Waals surface area contributed by atoms with Crippen LogP contribution < -0.4 is 4.74 Å². The van der Waals surface area contributed by atoms with E-state index in [1.54, 1.807) is 19.1 Å². The van der Waals surface area contributed by atoms with Gasteiger partial charge in [-0.05, 0) is 51.6 Å². The van der Waals surface area contributed by atoms with E-state index >= 15 is 0 Å². The van der Waals surface area contributed by atoms with Crippen LogP contribution in [-0.4, -0.2) is 42.7 Å². The molecule has 4 aromatic rings. The Morgan fingerprint density at radius 1 is 0.970 bits per heavy atom. The number of hydrogen-bond acceptors (Lipinski definition) is 3. The van der Waals surface area contributed by atoms with E-state index in [0.717, 1.165) is 38.2 Å². The van der Waals surface area contributed by atoms with Gasteiger partial charge in [0.15, 0.2) is 0 Å². The van der Waals surface area contributed by atoms with Gasteiger partial charge in [-0.2, -0.15) is 0 Å². The molecule has 1 amide bonds. The van der Waals surface area contributed by atoms with Crippen LogP contribution in [-0.2, 0) is 0 Å². The monoisotopic (exact) mass is 441 g/mol. The number of likely N-dealkylation sites (N-methyl/N-ethyl adjacent to an activating group) is 1. The SMILES string of the molecule is COc1cc2ccccc2c(C(=O)N(C)[C@H](CO)C(C)C)c1-c1ccc2ccccc2c1C. The predicted octanol–water partition coefficient (Wildman–Crippen LogP) is 6.07. The number of aliphatic hydroxyl groups is 1. The van der Waals surface area contributed by atoms with Crippen molar-refractivity contribution < 1.29 is 14.6 Å². The maximum atomic E-state index is 14.1. The normalized spacial score (nSPS) is 12.3. The van der Waals surface area contributed by atoms with E-state index in [2.05, 4.69) is 31.2 Å². The summed E-state index contributed by atoms with van der Waals surface area (Å²) in [5, 5.41) is 14.1. The van der Waals surface area contributed by atoms with Gasteiger partial charge >= 0.3 is 0 Å². The molecule has 4 rings (SSSR count). The molecule has 0 radical (unpaired) electrons. The fourth-order valence-corrected chi connectivity index (χ4v) is 4.78. The molecule has 0 bridgehead atoms. The Balaban J connectivity index is 2.07. The van der Waals surface area contributed by atoms with Crippen molar-refractivity contribution in [1.29, 1.82) is 0 Å². The minimum absolute atomic E-state index is 0.0911. The molecule has 4 aromatic carbocycles. The second kappa shape index (κ2) is 9.24. The van der Waals surface area contributed by atoms with Crippen LogP contribution in [0.3, 0.4) is 0 Å². The average molecular weight is 442 g/mol. The average Bonchev–Trinajstić information content (AvgIpc) is 2.83. The smallest absolute Gasteiger partial charge is 0.255 e. The number of rotatable bonds is 6. The lowest BCUT2D eigenvalue weighted by atomic mass is 9.88. The third kappa shape index (κ3) is 3.96. The van der Waals surface area contributed by atoms with Gasteiger partial charge in [0, 0.05) is 12.6 Å². The molecule has 0 aliphatic carbocycles. The van der Waals surface area contributed by atoms with Crippen molar-refractivity contribution in [3.05, 3.63) is 77.9 Å². The molecule has 4 heteroatoms. The molecular formula is C29H31NO3. The van der Waals surface area contributed by atoms with Crippen LogP contribution in [0.5, 0.6) is 5.75 Å². The van der Waals surface area contributed by atoms with Gasteiger partial charge in [0.2, 0.25) is 0 Å². The Kier molecular flexibility index (Phi) is 6.39. The van der Waals surface area contributed by atoms with Crippen LogP contribution in [0.1, 0.15) is 29.8 Å². The van der Waals surface area contributed by atoms with Crippen LogP contribution >= 0.6 is 0 Å². The number of nitrogens with zero attached hydrogens (tertiary/aromatic N) is 1. The Labute approximate surface area is 195 Å². The molecule has 4 nitrogen and oxygen atoms in total. The Hall–Kier alpha value is -3.37. The van der Waals surface area contributed by atoms with E-state index < -0.39 is 0 Å². The highest BCUT2D eigenvalue weighted by Gasteiger charge is 2.29. The number of carbonyl (C=O) groups is 1. The summed E-state index contributed by atoms with van der Waals surface area (Å²) in [4.78, 5) is 15.7. The highest BCUT2D eigenvalue weighted by atomic mass is 16.5. The highest BCUT2D eigenvalue weighted by Crippen LogP contribution is 2.42. The van der Waals surface area contributed by atoms with E-state index in [-0.39, 0.29) is 24.5 Å². The summed E-state index contributed by atoms with van der Waals surface area (Å²) in [6.07, 6.45) is 0. The quantitative estimate of drug-likeness (QED) is 0.395. The lowest BCUT2D eigenvalue weighted by molar-refractivity contribution is 0.0591. The van der Waals surface area contributed by atoms with Gasteiger partial charge in [0.1, 0.15) is 5.75 Å². The summed E-state index contributed by atoms with van der Waals surface area (Å²) >= 11 is 0. The topological polar surface area (TPSA) is 49.8 Å². The third-order valence-corrected chi connectivity index (χ3v) is 6.69. The van der Waals surface area contributed by atoms with Crippen molar-refractivity contribution in [2.45, 2.75) is 26.8 Å². The van der Waals surface area contributed by atoms with Crippen LogP contribution in [0.15, 0.2) is 66.7 Å². The molecule has 0 aliphatic heterocycles. The van der Waals surface area contributed by atoms with Gasteiger partial charge in [0.05, 0.1) is 25.3 Å². The zero-order chi connectivity index (χ0) is 23.7. The van der Waals surface area contributed by atoms with Gasteiger partial charge in [-0.3, -0.25) is 4.79 Å². The molecular weight excluding hydrogens is 410 g/mol. The summed E-state index contributed by atoms with van der Waals surface area (Å²) in [6, 6.07) is 22.1. The predicted molar refractivity (Wildman–Crippen MR) is 136 cm³/mol. The van der Waals surface area contributed by atoms with Crippen molar-refractivity contribution in [2.24, 2.45) is 5.92 Å². The maximum Gasteiger partial charge on any atom is 0.255 e. The van der Waals surface area contributed by atoms with Crippen molar-refractivity contribution >= 4 is 27.5 Å². The van der Waals surface area contributed by atoms with Gasteiger partial charge in [-0.15, -0.1) is 0 Å². The molecule has 33 heavy (non-hydrogen) atoms. The number of fused-ring (bicyclic) bond motifs is 2. The number of hydrogen-bond donors (Lipinski definition) is 1. The Morgan fingerprint density at radius 2 is 1.61 bits per heavy atom. The Bertz CT molecular complexity index is 1330. The summed E-state index contributed by atoms with van der Waals surface area (Å²) in [7, 11) is 3.42. The second-order valence-corrected chi connectivity index (χ2v) is 8.92. The number of aliphatic hydroxyl groups excluding tert-OH is 1. The largest absolute Gasteiger partial charge is 0.496 e. The van der Waals surface area contributed by atoms with Crippen molar-refractivity contribution in [2.75, 3.05) is 20.8 Å². The van der Waals surface area contributed by atoms with Gasteiger partial charge in [0.25, 0.3) is 5.91 Å². The minimum atomic E-state index is -0.284.